The SMILES string of the molecule is CNCC1CCN(C(=O)c2sc3nc4n(c(=O)c3c2C)CCCCC4)C1. The predicted octanol–water partition coefficient (Wildman–Crippen LogP) is 2.17. The minimum atomic E-state index is 0.0363. The molecule has 1 unspecified atom stereocenters. The van der Waals surface area contributed by atoms with E-state index in [0.717, 1.165) is 74.5 Å². The van der Waals surface area contributed by atoms with Gasteiger partial charge in [0.15, 0.2) is 0 Å². The van der Waals surface area contributed by atoms with E-state index in [1.54, 1.807) is 0 Å². The first kappa shape index (κ1) is 17.7. The lowest BCUT2D eigenvalue weighted by atomic mass is 10.1. The largest absolute Gasteiger partial charge is 0.338 e. The normalized spacial score (nSPS) is 20.4. The molecule has 1 fully saturated rings. The van der Waals surface area contributed by atoms with Gasteiger partial charge in [0, 0.05) is 26.1 Å². The van der Waals surface area contributed by atoms with Gasteiger partial charge in [-0.25, -0.2) is 4.98 Å². The summed E-state index contributed by atoms with van der Waals surface area (Å²) < 4.78 is 1.84. The van der Waals surface area contributed by atoms with Gasteiger partial charge in [0.25, 0.3) is 11.5 Å². The lowest BCUT2D eigenvalue weighted by molar-refractivity contribution is 0.0791. The van der Waals surface area contributed by atoms with Crippen molar-refractivity contribution in [2.24, 2.45) is 5.92 Å². The molecule has 2 aromatic rings. The number of fused-ring (bicyclic) bond motifs is 2. The van der Waals surface area contributed by atoms with Crippen LogP contribution in [-0.4, -0.2) is 47.0 Å². The highest BCUT2D eigenvalue weighted by atomic mass is 32.1. The second kappa shape index (κ2) is 7.12. The predicted molar refractivity (Wildman–Crippen MR) is 104 cm³/mol. The number of likely N-dealkylation sites (tertiary alicyclic amines) is 1. The molecule has 2 aromatic heterocycles. The highest BCUT2D eigenvalue weighted by Gasteiger charge is 2.30. The van der Waals surface area contributed by atoms with Crippen molar-refractivity contribution in [1.29, 1.82) is 0 Å². The number of hydrogen-bond acceptors (Lipinski definition) is 5. The standard InChI is InChI=1S/C19H26N4O2S/c1-12-15-17(21-14-6-4-3-5-8-23(14)18(15)24)26-16(12)19(25)22-9-7-13(11-22)10-20-2/h13,20H,3-11H2,1-2H3. The highest BCUT2D eigenvalue weighted by Crippen LogP contribution is 2.30. The van der Waals surface area contributed by atoms with Gasteiger partial charge in [0.05, 0.1) is 10.3 Å². The lowest BCUT2D eigenvalue weighted by Crippen LogP contribution is -2.30. The number of carbonyl (C=O) groups excluding carboxylic acids is 1. The molecule has 26 heavy (non-hydrogen) atoms. The van der Waals surface area contributed by atoms with Crippen molar-refractivity contribution in [1.82, 2.24) is 19.8 Å². The van der Waals surface area contributed by atoms with E-state index in [0.29, 0.717) is 16.2 Å². The van der Waals surface area contributed by atoms with Gasteiger partial charge in [0.2, 0.25) is 0 Å². The zero-order valence-corrected chi connectivity index (χ0v) is 16.3. The number of aromatic nitrogens is 2. The maximum atomic E-state index is 13.1. The number of rotatable bonds is 3. The summed E-state index contributed by atoms with van der Waals surface area (Å²) >= 11 is 1.40. The Bertz CT molecular complexity index is 901. The molecule has 6 nitrogen and oxygen atoms in total. The van der Waals surface area contributed by atoms with Crippen LogP contribution in [0.5, 0.6) is 0 Å². The molecule has 1 amide bonds. The van der Waals surface area contributed by atoms with Crippen LogP contribution < -0.4 is 10.9 Å². The molecule has 1 saturated heterocycles. The molecule has 1 N–H and O–H groups in total. The highest BCUT2D eigenvalue weighted by molar-refractivity contribution is 7.20. The summed E-state index contributed by atoms with van der Waals surface area (Å²) in [5.41, 5.74) is 0.846. The quantitative estimate of drug-likeness (QED) is 0.894. The second-order valence-electron chi connectivity index (χ2n) is 7.50. The summed E-state index contributed by atoms with van der Waals surface area (Å²) in [5.74, 6) is 1.46. The molecule has 4 heterocycles. The van der Waals surface area contributed by atoms with Crippen molar-refractivity contribution in [3.8, 4) is 0 Å². The summed E-state index contributed by atoms with van der Waals surface area (Å²) in [6.07, 6.45) is 5.13. The van der Waals surface area contributed by atoms with E-state index in [2.05, 4.69) is 5.32 Å². The van der Waals surface area contributed by atoms with Crippen LogP contribution in [0.15, 0.2) is 4.79 Å². The molecule has 0 bridgehead atoms. The average Bonchev–Trinajstić information content (AvgIpc) is 3.13. The van der Waals surface area contributed by atoms with E-state index in [9.17, 15) is 9.59 Å². The van der Waals surface area contributed by atoms with Crippen molar-refractivity contribution in [3.63, 3.8) is 0 Å². The molecule has 2 aliphatic heterocycles. The second-order valence-corrected chi connectivity index (χ2v) is 8.49. The Morgan fingerprint density at radius 3 is 2.96 bits per heavy atom. The Labute approximate surface area is 157 Å². The Morgan fingerprint density at radius 2 is 2.15 bits per heavy atom. The van der Waals surface area contributed by atoms with Crippen molar-refractivity contribution in [3.05, 3.63) is 26.6 Å². The zero-order valence-electron chi connectivity index (χ0n) is 15.5. The molecule has 0 aliphatic carbocycles. The molecule has 0 aromatic carbocycles. The molecule has 0 spiro atoms. The number of aryl methyl sites for hydroxylation is 2. The molecule has 140 valence electrons. The van der Waals surface area contributed by atoms with Crippen LogP contribution in [0.2, 0.25) is 0 Å². The third-order valence-corrected chi connectivity index (χ3v) is 6.85. The van der Waals surface area contributed by atoms with Crippen molar-refractivity contribution in [2.75, 3.05) is 26.7 Å². The van der Waals surface area contributed by atoms with Gasteiger partial charge in [-0.3, -0.25) is 14.2 Å². The summed E-state index contributed by atoms with van der Waals surface area (Å²) in [7, 11) is 1.95. The smallest absolute Gasteiger partial charge is 0.264 e. The molecule has 0 saturated carbocycles. The Hall–Kier alpha value is -1.73. The third kappa shape index (κ3) is 2.97. The first-order chi connectivity index (χ1) is 12.6. The maximum Gasteiger partial charge on any atom is 0.264 e. The zero-order chi connectivity index (χ0) is 18.3. The van der Waals surface area contributed by atoms with Gasteiger partial charge in [-0.1, -0.05) is 6.42 Å². The van der Waals surface area contributed by atoms with Crippen LogP contribution in [0, 0.1) is 12.8 Å². The molecule has 7 heteroatoms. The van der Waals surface area contributed by atoms with Crippen LogP contribution in [0.25, 0.3) is 10.2 Å². The molecular weight excluding hydrogens is 348 g/mol. The Kier molecular flexibility index (Phi) is 4.84. The topological polar surface area (TPSA) is 67.2 Å². The van der Waals surface area contributed by atoms with Gasteiger partial charge in [-0.15, -0.1) is 11.3 Å². The fraction of sp³-hybridized carbons (Fsp3) is 0.632. The number of thiophene rings is 1. The number of nitrogens with one attached hydrogen (secondary N) is 1. The fourth-order valence-electron chi connectivity index (χ4n) is 4.23. The monoisotopic (exact) mass is 374 g/mol. The number of amides is 1. The van der Waals surface area contributed by atoms with Gasteiger partial charge in [-0.05, 0) is 51.3 Å². The Morgan fingerprint density at radius 1 is 1.31 bits per heavy atom. The van der Waals surface area contributed by atoms with Gasteiger partial charge in [-0.2, -0.15) is 0 Å². The number of hydrogen-bond donors (Lipinski definition) is 1. The van der Waals surface area contributed by atoms with Crippen molar-refractivity contribution < 1.29 is 4.79 Å². The van der Waals surface area contributed by atoms with E-state index < -0.39 is 0 Å². The summed E-state index contributed by atoms with van der Waals surface area (Å²) in [6, 6.07) is 0. The van der Waals surface area contributed by atoms with Crippen LogP contribution >= 0.6 is 11.3 Å². The summed E-state index contributed by atoms with van der Waals surface area (Å²) in [5, 5.41) is 3.84. The van der Waals surface area contributed by atoms with Crippen molar-refractivity contribution >= 4 is 27.5 Å². The minimum absolute atomic E-state index is 0.0363. The molecule has 1 atom stereocenters. The molecule has 4 rings (SSSR count). The van der Waals surface area contributed by atoms with Gasteiger partial charge >= 0.3 is 0 Å². The van der Waals surface area contributed by atoms with Gasteiger partial charge < -0.3 is 10.2 Å². The van der Waals surface area contributed by atoms with Crippen LogP contribution in [0.4, 0.5) is 0 Å². The van der Waals surface area contributed by atoms with E-state index in [1.807, 2.05) is 23.4 Å². The van der Waals surface area contributed by atoms with Crippen molar-refractivity contribution in [2.45, 2.75) is 45.6 Å². The molecule has 0 radical (unpaired) electrons. The van der Waals surface area contributed by atoms with E-state index in [1.165, 1.54) is 11.3 Å². The maximum absolute atomic E-state index is 13.1. The van der Waals surface area contributed by atoms with E-state index >= 15 is 0 Å². The third-order valence-electron chi connectivity index (χ3n) is 5.67. The van der Waals surface area contributed by atoms with E-state index in [-0.39, 0.29) is 11.5 Å². The van der Waals surface area contributed by atoms with E-state index in [4.69, 9.17) is 4.98 Å². The van der Waals surface area contributed by atoms with Crippen LogP contribution in [-0.2, 0) is 13.0 Å². The number of carbonyl (C=O) groups is 1. The molecule has 2 aliphatic rings. The first-order valence-corrected chi connectivity index (χ1v) is 10.4. The minimum Gasteiger partial charge on any atom is -0.338 e. The van der Waals surface area contributed by atoms with Gasteiger partial charge in [0.1, 0.15) is 10.7 Å². The average molecular weight is 375 g/mol. The van der Waals surface area contributed by atoms with Crippen LogP contribution in [0.1, 0.15) is 46.7 Å². The molecular formula is C19H26N4O2S. The summed E-state index contributed by atoms with van der Waals surface area (Å²) in [4.78, 5) is 34.2. The lowest BCUT2D eigenvalue weighted by Gasteiger charge is -2.16. The first-order valence-electron chi connectivity index (χ1n) is 9.57. The Balaban J connectivity index is 1.71. The summed E-state index contributed by atoms with van der Waals surface area (Å²) in [6.45, 7) is 5.16. The van der Waals surface area contributed by atoms with Crippen LogP contribution in [0.3, 0.4) is 0 Å². The number of nitrogens with zero attached hydrogens (tertiary/aromatic N) is 3. The fourth-order valence-corrected chi connectivity index (χ4v) is 5.39.